The number of hydrogen-bond donors (Lipinski definition) is 2. The molecule has 0 fully saturated rings. The molecule has 0 amide bonds. The highest BCUT2D eigenvalue weighted by Gasteiger charge is 2.20. The molecule has 0 saturated heterocycles. The van der Waals surface area contributed by atoms with Gasteiger partial charge in [-0.1, -0.05) is 27.2 Å². The average molecular weight is 247 g/mol. The van der Waals surface area contributed by atoms with Crippen LogP contribution in [0.4, 0.5) is 0 Å². The predicted molar refractivity (Wildman–Crippen MR) is 70.1 cm³/mol. The summed E-state index contributed by atoms with van der Waals surface area (Å²) in [6.45, 7) is 8.05. The first-order valence-corrected chi connectivity index (χ1v) is 6.70. The standard InChI is InChI=1S/C13H29NO3/c1-4-7-8-16-9-12(15)10-17-11-13(14,5-2)6-3/h12,15H,4-11,14H2,1-3H3. The lowest BCUT2D eigenvalue weighted by molar-refractivity contribution is -0.0302. The van der Waals surface area contributed by atoms with Crippen molar-refractivity contribution in [3.05, 3.63) is 0 Å². The zero-order valence-corrected chi connectivity index (χ0v) is 11.6. The van der Waals surface area contributed by atoms with Gasteiger partial charge >= 0.3 is 0 Å². The molecule has 0 bridgehead atoms. The summed E-state index contributed by atoms with van der Waals surface area (Å²) in [6.07, 6.45) is 3.35. The van der Waals surface area contributed by atoms with Gasteiger partial charge in [0.2, 0.25) is 0 Å². The second-order valence-electron chi connectivity index (χ2n) is 4.67. The van der Waals surface area contributed by atoms with Crippen LogP contribution in [0.3, 0.4) is 0 Å². The highest BCUT2D eigenvalue weighted by molar-refractivity contribution is 4.80. The fourth-order valence-electron chi connectivity index (χ4n) is 1.37. The van der Waals surface area contributed by atoms with Crippen molar-refractivity contribution in [2.24, 2.45) is 5.73 Å². The molecule has 1 unspecified atom stereocenters. The van der Waals surface area contributed by atoms with Crippen LogP contribution in [0.5, 0.6) is 0 Å². The highest BCUT2D eigenvalue weighted by Crippen LogP contribution is 2.11. The van der Waals surface area contributed by atoms with Crippen molar-refractivity contribution in [1.29, 1.82) is 0 Å². The van der Waals surface area contributed by atoms with E-state index in [-0.39, 0.29) is 5.54 Å². The van der Waals surface area contributed by atoms with Crippen molar-refractivity contribution >= 4 is 0 Å². The van der Waals surface area contributed by atoms with Crippen LogP contribution in [0.2, 0.25) is 0 Å². The summed E-state index contributed by atoms with van der Waals surface area (Å²) in [5, 5.41) is 9.60. The van der Waals surface area contributed by atoms with E-state index in [2.05, 4.69) is 20.8 Å². The van der Waals surface area contributed by atoms with E-state index in [9.17, 15) is 5.11 Å². The number of unbranched alkanes of at least 4 members (excludes halogenated alkanes) is 1. The Balaban J connectivity index is 3.53. The van der Waals surface area contributed by atoms with Gasteiger partial charge in [0.15, 0.2) is 0 Å². The summed E-state index contributed by atoms with van der Waals surface area (Å²) in [6, 6.07) is 0. The van der Waals surface area contributed by atoms with Gasteiger partial charge in [0.05, 0.1) is 19.8 Å². The Morgan fingerprint density at radius 2 is 1.71 bits per heavy atom. The largest absolute Gasteiger partial charge is 0.388 e. The maximum Gasteiger partial charge on any atom is 0.101 e. The summed E-state index contributed by atoms with van der Waals surface area (Å²) < 4.78 is 10.8. The number of hydrogen-bond acceptors (Lipinski definition) is 4. The van der Waals surface area contributed by atoms with Gasteiger partial charge in [-0.15, -0.1) is 0 Å². The summed E-state index contributed by atoms with van der Waals surface area (Å²) in [5.74, 6) is 0. The van der Waals surface area contributed by atoms with Crippen molar-refractivity contribution in [3.8, 4) is 0 Å². The third-order valence-electron chi connectivity index (χ3n) is 3.06. The van der Waals surface area contributed by atoms with Crippen LogP contribution in [0.25, 0.3) is 0 Å². The van der Waals surface area contributed by atoms with E-state index >= 15 is 0 Å². The Labute approximate surface area is 105 Å². The van der Waals surface area contributed by atoms with E-state index < -0.39 is 6.10 Å². The SMILES string of the molecule is CCCCOCC(O)COCC(N)(CC)CC. The third-order valence-corrected chi connectivity index (χ3v) is 3.06. The quantitative estimate of drug-likeness (QED) is 0.545. The summed E-state index contributed by atoms with van der Waals surface area (Å²) >= 11 is 0. The molecule has 0 radical (unpaired) electrons. The lowest BCUT2D eigenvalue weighted by Crippen LogP contribution is -2.44. The molecule has 0 aliphatic carbocycles. The molecule has 0 aliphatic rings. The molecule has 1 atom stereocenters. The normalized spacial score (nSPS) is 13.9. The van der Waals surface area contributed by atoms with Gasteiger partial charge < -0.3 is 20.3 Å². The second kappa shape index (κ2) is 9.83. The number of rotatable bonds is 11. The van der Waals surface area contributed by atoms with Crippen molar-refractivity contribution in [2.75, 3.05) is 26.4 Å². The van der Waals surface area contributed by atoms with E-state index in [0.717, 1.165) is 25.7 Å². The van der Waals surface area contributed by atoms with Crippen molar-refractivity contribution in [3.63, 3.8) is 0 Å². The van der Waals surface area contributed by atoms with Gasteiger partial charge in [-0.3, -0.25) is 0 Å². The van der Waals surface area contributed by atoms with Gasteiger partial charge in [0, 0.05) is 12.1 Å². The fraction of sp³-hybridized carbons (Fsp3) is 1.00. The van der Waals surface area contributed by atoms with Gasteiger partial charge in [-0.05, 0) is 19.3 Å². The molecule has 0 aromatic heterocycles. The van der Waals surface area contributed by atoms with Gasteiger partial charge in [-0.25, -0.2) is 0 Å². The number of aliphatic hydroxyl groups excluding tert-OH is 1. The minimum atomic E-state index is -0.551. The Hall–Kier alpha value is -0.160. The molecule has 17 heavy (non-hydrogen) atoms. The van der Waals surface area contributed by atoms with E-state index in [1.165, 1.54) is 0 Å². The van der Waals surface area contributed by atoms with Crippen molar-refractivity contribution in [1.82, 2.24) is 0 Å². The molecule has 3 N–H and O–H groups in total. The van der Waals surface area contributed by atoms with Crippen LogP contribution in [0.15, 0.2) is 0 Å². The molecular weight excluding hydrogens is 218 g/mol. The first-order valence-electron chi connectivity index (χ1n) is 6.70. The minimum absolute atomic E-state index is 0.261. The topological polar surface area (TPSA) is 64.7 Å². The van der Waals surface area contributed by atoms with Gasteiger partial charge in [0.25, 0.3) is 0 Å². The maximum absolute atomic E-state index is 9.60. The molecule has 0 rings (SSSR count). The number of nitrogens with two attached hydrogens (primary N) is 1. The molecule has 0 spiro atoms. The smallest absolute Gasteiger partial charge is 0.101 e. The van der Waals surface area contributed by atoms with Crippen LogP contribution in [-0.4, -0.2) is 43.2 Å². The molecule has 0 saturated carbocycles. The average Bonchev–Trinajstić information content (AvgIpc) is 2.34. The molecule has 0 aromatic carbocycles. The van der Waals surface area contributed by atoms with Crippen molar-refractivity contribution < 1.29 is 14.6 Å². The molecule has 0 aliphatic heterocycles. The first-order chi connectivity index (χ1) is 8.08. The Morgan fingerprint density at radius 1 is 1.12 bits per heavy atom. The third kappa shape index (κ3) is 8.55. The lowest BCUT2D eigenvalue weighted by Gasteiger charge is -2.26. The van der Waals surface area contributed by atoms with E-state index in [0.29, 0.717) is 26.4 Å². The number of aliphatic hydroxyl groups is 1. The molecule has 4 nitrogen and oxygen atoms in total. The van der Waals surface area contributed by atoms with Crippen LogP contribution in [-0.2, 0) is 9.47 Å². The monoisotopic (exact) mass is 247 g/mol. The Bertz CT molecular complexity index is 172. The number of ether oxygens (including phenoxy) is 2. The summed E-state index contributed by atoms with van der Waals surface area (Å²) in [5.41, 5.74) is 5.82. The predicted octanol–water partition coefficient (Wildman–Crippen LogP) is 1.70. The molecule has 104 valence electrons. The fourth-order valence-corrected chi connectivity index (χ4v) is 1.37. The molecule has 4 heteroatoms. The van der Waals surface area contributed by atoms with Crippen LogP contribution in [0.1, 0.15) is 46.5 Å². The van der Waals surface area contributed by atoms with E-state index in [1.54, 1.807) is 0 Å². The molecule has 0 heterocycles. The van der Waals surface area contributed by atoms with E-state index in [4.69, 9.17) is 15.2 Å². The maximum atomic E-state index is 9.60. The van der Waals surface area contributed by atoms with Gasteiger partial charge in [0.1, 0.15) is 6.10 Å². The van der Waals surface area contributed by atoms with Gasteiger partial charge in [-0.2, -0.15) is 0 Å². The summed E-state index contributed by atoms with van der Waals surface area (Å²) in [4.78, 5) is 0. The highest BCUT2D eigenvalue weighted by atomic mass is 16.5. The Morgan fingerprint density at radius 3 is 2.24 bits per heavy atom. The summed E-state index contributed by atoms with van der Waals surface area (Å²) in [7, 11) is 0. The minimum Gasteiger partial charge on any atom is -0.388 e. The second-order valence-corrected chi connectivity index (χ2v) is 4.67. The zero-order chi connectivity index (χ0) is 13.1. The van der Waals surface area contributed by atoms with E-state index in [1.807, 2.05) is 0 Å². The molecule has 0 aromatic rings. The Kier molecular flexibility index (Phi) is 9.74. The van der Waals surface area contributed by atoms with Crippen LogP contribution >= 0.6 is 0 Å². The zero-order valence-electron chi connectivity index (χ0n) is 11.6. The lowest BCUT2D eigenvalue weighted by atomic mass is 9.96. The van der Waals surface area contributed by atoms with Crippen molar-refractivity contribution in [2.45, 2.75) is 58.1 Å². The van der Waals surface area contributed by atoms with Crippen LogP contribution < -0.4 is 5.73 Å². The van der Waals surface area contributed by atoms with Crippen LogP contribution in [0, 0.1) is 0 Å². The first kappa shape index (κ1) is 16.8. The molecular formula is C13H29NO3.